The van der Waals surface area contributed by atoms with Crippen molar-refractivity contribution < 1.29 is 4.39 Å². The van der Waals surface area contributed by atoms with E-state index < -0.39 is 0 Å². The maximum absolute atomic E-state index is 12.9. The Kier molecular flexibility index (Phi) is 5.66. The zero-order valence-electron chi connectivity index (χ0n) is 13.2. The maximum Gasteiger partial charge on any atom is 0.229 e. The van der Waals surface area contributed by atoms with Gasteiger partial charge in [0.05, 0.1) is 0 Å². The van der Waals surface area contributed by atoms with E-state index in [-0.39, 0.29) is 5.82 Å². The van der Waals surface area contributed by atoms with Gasteiger partial charge in [-0.2, -0.15) is 4.98 Å². The summed E-state index contributed by atoms with van der Waals surface area (Å²) in [7, 11) is 4.11. The van der Waals surface area contributed by atoms with Gasteiger partial charge in [0.1, 0.15) is 11.6 Å². The minimum Gasteiger partial charge on any atom is -0.370 e. The molecule has 1 aromatic carbocycles. The monoisotopic (exact) mass is 303 g/mol. The summed E-state index contributed by atoms with van der Waals surface area (Å²) in [6.07, 6.45) is 1.04. The topological polar surface area (TPSA) is 53.1 Å². The highest BCUT2D eigenvalue weighted by atomic mass is 19.1. The van der Waals surface area contributed by atoms with Crippen molar-refractivity contribution in [2.24, 2.45) is 0 Å². The smallest absolute Gasteiger partial charge is 0.229 e. The average Bonchev–Trinajstić information content (AvgIpc) is 2.45. The number of rotatable bonds is 7. The second-order valence-electron chi connectivity index (χ2n) is 5.43. The molecule has 2 rings (SSSR count). The number of aromatic nitrogens is 2. The number of halogens is 1. The summed E-state index contributed by atoms with van der Waals surface area (Å²) in [5.74, 6) is 1.02. The van der Waals surface area contributed by atoms with Crippen LogP contribution in [0.5, 0.6) is 0 Å². The zero-order valence-corrected chi connectivity index (χ0v) is 13.2. The van der Waals surface area contributed by atoms with E-state index in [1.54, 1.807) is 12.1 Å². The lowest BCUT2D eigenvalue weighted by molar-refractivity contribution is 0.405. The lowest BCUT2D eigenvalue weighted by Crippen LogP contribution is -2.16. The summed E-state index contributed by atoms with van der Waals surface area (Å²) in [5.41, 5.74) is 1.63. The summed E-state index contributed by atoms with van der Waals surface area (Å²) in [6, 6.07) is 8.03. The van der Waals surface area contributed by atoms with E-state index in [1.807, 2.05) is 13.0 Å². The summed E-state index contributed by atoms with van der Waals surface area (Å²) < 4.78 is 12.9. The van der Waals surface area contributed by atoms with Crippen LogP contribution in [0.1, 0.15) is 12.1 Å². The molecule has 0 atom stereocenters. The van der Waals surface area contributed by atoms with Crippen LogP contribution in [-0.4, -0.2) is 42.1 Å². The second kappa shape index (κ2) is 7.70. The summed E-state index contributed by atoms with van der Waals surface area (Å²) in [4.78, 5) is 10.9. The highest BCUT2D eigenvalue weighted by Crippen LogP contribution is 2.16. The molecule has 0 aliphatic carbocycles. The van der Waals surface area contributed by atoms with Crippen molar-refractivity contribution in [1.82, 2.24) is 14.9 Å². The Morgan fingerprint density at radius 3 is 2.55 bits per heavy atom. The minimum atomic E-state index is -0.265. The molecule has 0 saturated heterocycles. The fraction of sp³-hybridized carbons (Fsp3) is 0.375. The van der Waals surface area contributed by atoms with Crippen molar-refractivity contribution in [3.05, 3.63) is 41.8 Å². The van der Waals surface area contributed by atoms with Gasteiger partial charge in [-0.1, -0.05) is 0 Å². The normalized spacial score (nSPS) is 10.8. The standard InChI is InChI=1S/C16H22FN5/c1-12-11-15(18-9-4-10-22(2)3)21-16(19-12)20-14-7-5-13(17)6-8-14/h5-8,11H,4,9-10H2,1-3H3,(H2,18,19,20,21). The minimum absolute atomic E-state index is 0.265. The van der Waals surface area contributed by atoms with Crippen molar-refractivity contribution in [3.63, 3.8) is 0 Å². The van der Waals surface area contributed by atoms with Crippen molar-refractivity contribution >= 4 is 17.5 Å². The van der Waals surface area contributed by atoms with Gasteiger partial charge in [0.15, 0.2) is 0 Å². The largest absolute Gasteiger partial charge is 0.370 e. The Morgan fingerprint density at radius 1 is 1.14 bits per heavy atom. The van der Waals surface area contributed by atoms with Crippen LogP contribution in [-0.2, 0) is 0 Å². The maximum atomic E-state index is 12.9. The van der Waals surface area contributed by atoms with Crippen molar-refractivity contribution in [2.45, 2.75) is 13.3 Å². The average molecular weight is 303 g/mol. The number of hydrogen-bond acceptors (Lipinski definition) is 5. The quantitative estimate of drug-likeness (QED) is 0.770. The first-order valence-electron chi connectivity index (χ1n) is 7.30. The highest BCUT2D eigenvalue weighted by Gasteiger charge is 2.03. The molecule has 2 aromatic rings. The predicted octanol–water partition coefficient (Wildman–Crippen LogP) is 3.03. The van der Waals surface area contributed by atoms with E-state index in [1.165, 1.54) is 12.1 Å². The molecule has 0 fully saturated rings. The van der Waals surface area contributed by atoms with E-state index >= 15 is 0 Å². The third-order valence-corrected chi connectivity index (χ3v) is 3.04. The van der Waals surface area contributed by atoms with Gasteiger partial charge in [0.2, 0.25) is 5.95 Å². The fourth-order valence-electron chi connectivity index (χ4n) is 1.99. The van der Waals surface area contributed by atoms with Crippen LogP contribution in [0.15, 0.2) is 30.3 Å². The van der Waals surface area contributed by atoms with E-state index in [2.05, 4.69) is 39.6 Å². The molecule has 0 spiro atoms. The number of hydrogen-bond donors (Lipinski definition) is 2. The molecule has 0 aliphatic heterocycles. The van der Waals surface area contributed by atoms with Crippen LogP contribution in [0.3, 0.4) is 0 Å². The molecule has 1 aromatic heterocycles. The molecule has 0 unspecified atom stereocenters. The zero-order chi connectivity index (χ0) is 15.9. The van der Waals surface area contributed by atoms with Gasteiger partial charge in [-0.25, -0.2) is 9.37 Å². The van der Waals surface area contributed by atoms with Gasteiger partial charge >= 0.3 is 0 Å². The van der Waals surface area contributed by atoms with Gasteiger partial charge in [-0.3, -0.25) is 0 Å². The number of anilines is 3. The number of benzene rings is 1. The summed E-state index contributed by atoms with van der Waals surface area (Å²) >= 11 is 0. The van der Waals surface area contributed by atoms with Crippen LogP contribution >= 0.6 is 0 Å². The van der Waals surface area contributed by atoms with Gasteiger partial charge in [0, 0.05) is 24.0 Å². The van der Waals surface area contributed by atoms with E-state index in [0.717, 1.165) is 36.7 Å². The molecule has 0 bridgehead atoms. The van der Waals surface area contributed by atoms with Gasteiger partial charge in [-0.05, 0) is 58.3 Å². The third kappa shape index (κ3) is 5.29. The number of nitrogens with zero attached hydrogens (tertiary/aromatic N) is 3. The third-order valence-electron chi connectivity index (χ3n) is 3.04. The van der Waals surface area contributed by atoms with Gasteiger partial charge in [-0.15, -0.1) is 0 Å². The molecule has 118 valence electrons. The first-order valence-corrected chi connectivity index (χ1v) is 7.30. The first-order chi connectivity index (χ1) is 10.5. The molecule has 0 saturated carbocycles. The van der Waals surface area contributed by atoms with Crippen LogP contribution in [0, 0.1) is 12.7 Å². The second-order valence-corrected chi connectivity index (χ2v) is 5.43. The van der Waals surface area contributed by atoms with Crippen LogP contribution in [0.25, 0.3) is 0 Å². The first kappa shape index (κ1) is 16.2. The molecular weight excluding hydrogens is 281 g/mol. The van der Waals surface area contributed by atoms with Crippen molar-refractivity contribution in [1.29, 1.82) is 0 Å². The lowest BCUT2D eigenvalue weighted by atomic mass is 10.3. The SMILES string of the molecule is Cc1cc(NCCCN(C)C)nc(Nc2ccc(F)cc2)n1. The molecule has 22 heavy (non-hydrogen) atoms. The Morgan fingerprint density at radius 2 is 1.86 bits per heavy atom. The Hall–Kier alpha value is -2.21. The van der Waals surface area contributed by atoms with Crippen molar-refractivity contribution in [2.75, 3.05) is 37.8 Å². The Balaban J connectivity index is 1.98. The molecular formula is C16H22FN5. The summed E-state index contributed by atoms with van der Waals surface area (Å²) in [5, 5.41) is 6.38. The lowest BCUT2D eigenvalue weighted by Gasteiger charge is -2.12. The summed E-state index contributed by atoms with van der Waals surface area (Å²) in [6.45, 7) is 3.80. The van der Waals surface area contributed by atoms with E-state index in [4.69, 9.17) is 0 Å². The highest BCUT2D eigenvalue weighted by molar-refractivity contribution is 5.55. The van der Waals surface area contributed by atoms with Crippen LogP contribution in [0.2, 0.25) is 0 Å². The Bertz CT molecular complexity index is 598. The molecule has 0 amide bonds. The fourth-order valence-corrected chi connectivity index (χ4v) is 1.99. The molecule has 1 heterocycles. The van der Waals surface area contributed by atoms with Crippen LogP contribution < -0.4 is 10.6 Å². The molecule has 0 radical (unpaired) electrons. The van der Waals surface area contributed by atoms with Gasteiger partial charge in [0.25, 0.3) is 0 Å². The number of aryl methyl sites for hydroxylation is 1. The number of nitrogens with one attached hydrogen (secondary N) is 2. The van der Waals surface area contributed by atoms with Crippen molar-refractivity contribution in [3.8, 4) is 0 Å². The predicted molar refractivity (Wildman–Crippen MR) is 88.1 cm³/mol. The van der Waals surface area contributed by atoms with E-state index in [0.29, 0.717) is 5.95 Å². The van der Waals surface area contributed by atoms with Gasteiger partial charge < -0.3 is 15.5 Å². The molecule has 2 N–H and O–H groups in total. The molecule has 5 nitrogen and oxygen atoms in total. The van der Waals surface area contributed by atoms with E-state index in [9.17, 15) is 4.39 Å². The Labute approximate surface area is 130 Å². The molecule has 0 aliphatic rings. The molecule has 6 heteroatoms. The van der Waals surface area contributed by atoms with Crippen LogP contribution in [0.4, 0.5) is 21.8 Å².